The lowest BCUT2D eigenvalue weighted by atomic mass is 10.4. The van der Waals surface area contributed by atoms with Crippen LogP contribution in [0.3, 0.4) is 0 Å². The quantitative estimate of drug-likeness (QED) is 0.683. The minimum atomic E-state index is -0.00579. The van der Waals surface area contributed by atoms with E-state index < -0.39 is 0 Å². The molecule has 53 valence electrons. The topological polar surface area (TPSA) is 29.1 Å². The number of thiophene rings is 1. The van der Waals surface area contributed by atoms with E-state index in [-0.39, 0.29) is 5.91 Å². The maximum atomic E-state index is 11.0. The Morgan fingerprint density at radius 1 is 1.90 bits per heavy atom. The summed E-state index contributed by atoms with van der Waals surface area (Å²) in [6, 6.07) is 3.50. The van der Waals surface area contributed by atoms with Gasteiger partial charge in [0.05, 0.1) is 4.88 Å². The molecule has 1 aromatic heterocycles. The van der Waals surface area contributed by atoms with Gasteiger partial charge in [-0.1, -0.05) is 0 Å². The molecule has 0 aliphatic carbocycles. The molecule has 0 saturated heterocycles. The summed E-state index contributed by atoms with van der Waals surface area (Å²) < 4.78 is 0. The molecule has 0 saturated carbocycles. The van der Waals surface area contributed by atoms with Crippen molar-refractivity contribution in [3.05, 3.63) is 22.4 Å². The Hall–Kier alpha value is -0.830. The SMILES string of the molecule is CCNC(=O)c1cc[c]s1. The molecule has 0 atom stereocenters. The maximum absolute atomic E-state index is 11.0. The van der Waals surface area contributed by atoms with Crippen LogP contribution in [0.1, 0.15) is 16.6 Å². The van der Waals surface area contributed by atoms with Gasteiger partial charge in [-0.3, -0.25) is 4.79 Å². The summed E-state index contributed by atoms with van der Waals surface area (Å²) >= 11 is 1.33. The van der Waals surface area contributed by atoms with Crippen LogP contribution in [0.4, 0.5) is 0 Å². The van der Waals surface area contributed by atoms with Crippen molar-refractivity contribution in [3.8, 4) is 0 Å². The van der Waals surface area contributed by atoms with Crippen molar-refractivity contribution in [2.75, 3.05) is 6.54 Å². The third-order valence-electron chi connectivity index (χ3n) is 1.03. The van der Waals surface area contributed by atoms with Gasteiger partial charge in [-0.25, -0.2) is 0 Å². The molecule has 1 amide bonds. The van der Waals surface area contributed by atoms with Crippen molar-refractivity contribution in [2.24, 2.45) is 0 Å². The highest BCUT2D eigenvalue weighted by Crippen LogP contribution is 2.06. The summed E-state index contributed by atoms with van der Waals surface area (Å²) in [5.74, 6) is -0.00579. The van der Waals surface area contributed by atoms with Crippen LogP contribution in [0, 0.1) is 5.38 Å². The first kappa shape index (κ1) is 7.28. The van der Waals surface area contributed by atoms with Crippen molar-refractivity contribution in [2.45, 2.75) is 6.92 Å². The third-order valence-corrected chi connectivity index (χ3v) is 1.83. The number of amides is 1. The summed E-state index contributed by atoms with van der Waals surface area (Å²) in [7, 11) is 0. The number of hydrogen-bond acceptors (Lipinski definition) is 2. The van der Waals surface area contributed by atoms with Crippen LogP contribution in [0.25, 0.3) is 0 Å². The van der Waals surface area contributed by atoms with Crippen LogP contribution < -0.4 is 5.32 Å². The molecule has 3 heteroatoms. The fourth-order valence-corrected chi connectivity index (χ4v) is 1.17. The number of carbonyl (C=O) groups is 1. The predicted octanol–water partition coefficient (Wildman–Crippen LogP) is 1.30. The molecular weight excluding hydrogens is 146 g/mol. The summed E-state index contributed by atoms with van der Waals surface area (Å²) in [5.41, 5.74) is 0. The van der Waals surface area contributed by atoms with Crippen LogP contribution in [-0.2, 0) is 0 Å². The zero-order valence-corrected chi connectivity index (χ0v) is 6.49. The molecular formula is C7H8NOS. The van der Waals surface area contributed by atoms with E-state index in [1.165, 1.54) is 11.3 Å². The molecule has 1 N–H and O–H groups in total. The first-order chi connectivity index (χ1) is 4.84. The van der Waals surface area contributed by atoms with Crippen molar-refractivity contribution in [1.29, 1.82) is 0 Å². The van der Waals surface area contributed by atoms with E-state index in [1.54, 1.807) is 12.1 Å². The fourth-order valence-electron chi connectivity index (χ4n) is 0.611. The summed E-state index contributed by atoms with van der Waals surface area (Å²) in [6.07, 6.45) is 0. The summed E-state index contributed by atoms with van der Waals surface area (Å²) in [4.78, 5) is 11.7. The van der Waals surface area contributed by atoms with Gasteiger partial charge in [-0.05, 0) is 19.1 Å². The molecule has 0 bridgehead atoms. The van der Waals surface area contributed by atoms with Crippen molar-refractivity contribution < 1.29 is 4.79 Å². The van der Waals surface area contributed by atoms with E-state index >= 15 is 0 Å². The molecule has 1 radical (unpaired) electrons. The second-order valence-corrected chi connectivity index (χ2v) is 2.66. The highest BCUT2D eigenvalue weighted by Gasteiger charge is 2.02. The average Bonchev–Trinajstić information content (AvgIpc) is 2.38. The number of hydrogen-bond donors (Lipinski definition) is 1. The Labute approximate surface area is 63.9 Å². The average molecular weight is 154 g/mol. The zero-order chi connectivity index (χ0) is 7.40. The largest absolute Gasteiger partial charge is 0.352 e. The molecule has 2 nitrogen and oxygen atoms in total. The lowest BCUT2D eigenvalue weighted by Gasteiger charge is -1.95. The minimum absolute atomic E-state index is 0.00579. The maximum Gasteiger partial charge on any atom is 0.261 e. The Bertz CT molecular complexity index is 205. The van der Waals surface area contributed by atoms with Crippen LogP contribution in [0.15, 0.2) is 12.1 Å². The second kappa shape index (κ2) is 3.37. The van der Waals surface area contributed by atoms with E-state index in [0.29, 0.717) is 6.54 Å². The molecule has 1 heterocycles. The van der Waals surface area contributed by atoms with Gasteiger partial charge < -0.3 is 5.32 Å². The normalized spacial score (nSPS) is 9.30. The molecule has 0 aliphatic heterocycles. The van der Waals surface area contributed by atoms with Crippen molar-refractivity contribution in [1.82, 2.24) is 5.32 Å². The summed E-state index contributed by atoms with van der Waals surface area (Å²) in [6.45, 7) is 2.58. The smallest absolute Gasteiger partial charge is 0.261 e. The minimum Gasteiger partial charge on any atom is -0.352 e. The molecule has 0 aromatic carbocycles. The molecule has 1 rings (SSSR count). The van der Waals surface area contributed by atoms with Crippen LogP contribution in [0.5, 0.6) is 0 Å². The van der Waals surface area contributed by atoms with Gasteiger partial charge in [0, 0.05) is 11.9 Å². The highest BCUT2D eigenvalue weighted by molar-refractivity contribution is 7.11. The Kier molecular flexibility index (Phi) is 2.45. The lowest BCUT2D eigenvalue weighted by molar-refractivity contribution is 0.0960. The van der Waals surface area contributed by atoms with Crippen molar-refractivity contribution >= 4 is 17.2 Å². The number of rotatable bonds is 2. The van der Waals surface area contributed by atoms with Crippen LogP contribution in [-0.4, -0.2) is 12.5 Å². The molecule has 0 spiro atoms. The van der Waals surface area contributed by atoms with Gasteiger partial charge >= 0.3 is 0 Å². The van der Waals surface area contributed by atoms with Gasteiger partial charge in [-0.15, -0.1) is 11.3 Å². The van der Waals surface area contributed by atoms with E-state index in [2.05, 4.69) is 10.7 Å². The molecule has 10 heavy (non-hydrogen) atoms. The van der Waals surface area contributed by atoms with E-state index in [1.807, 2.05) is 6.92 Å². The number of carbonyl (C=O) groups excluding carboxylic acids is 1. The zero-order valence-electron chi connectivity index (χ0n) is 5.68. The molecule has 0 fully saturated rings. The summed E-state index contributed by atoms with van der Waals surface area (Å²) in [5, 5.41) is 5.55. The predicted molar refractivity (Wildman–Crippen MR) is 41.2 cm³/mol. The Morgan fingerprint density at radius 3 is 3.20 bits per heavy atom. The Balaban J connectivity index is 2.59. The van der Waals surface area contributed by atoms with Crippen LogP contribution >= 0.6 is 11.3 Å². The van der Waals surface area contributed by atoms with E-state index in [9.17, 15) is 4.79 Å². The lowest BCUT2D eigenvalue weighted by Crippen LogP contribution is -2.21. The van der Waals surface area contributed by atoms with Crippen molar-refractivity contribution in [3.63, 3.8) is 0 Å². The van der Waals surface area contributed by atoms with E-state index in [0.717, 1.165) is 4.88 Å². The highest BCUT2D eigenvalue weighted by atomic mass is 32.1. The molecule has 0 unspecified atom stereocenters. The Morgan fingerprint density at radius 2 is 2.70 bits per heavy atom. The fraction of sp³-hybridized carbons (Fsp3) is 0.286. The second-order valence-electron chi connectivity index (χ2n) is 1.78. The first-order valence-electron chi connectivity index (χ1n) is 3.08. The van der Waals surface area contributed by atoms with Gasteiger partial charge in [-0.2, -0.15) is 0 Å². The monoisotopic (exact) mass is 154 g/mol. The van der Waals surface area contributed by atoms with Crippen LogP contribution in [0.2, 0.25) is 0 Å². The van der Waals surface area contributed by atoms with E-state index in [4.69, 9.17) is 0 Å². The third kappa shape index (κ3) is 1.57. The number of nitrogens with one attached hydrogen (secondary N) is 1. The first-order valence-corrected chi connectivity index (χ1v) is 3.90. The molecule has 0 aliphatic rings. The van der Waals surface area contributed by atoms with Gasteiger partial charge in [0.25, 0.3) is 5.91 Å². The van der Waals surface area contributed by atoms with Gasteiger partial charge in [0.15, 0.2) is 0 Å². The van der Waals surface area contributed by atoms with Gasteiger partial charge in [0.2, 0.25) is 0 Å². The van der Waals surface area contributed by atoms with Gasteiger partial charge in [0.1, 0.15) is 0 Å². The standard InChI is InChI=1S/C7H8NOS/c1-2-8-7(9)6-4-3-5-10-6/h3-4H,2H2,1H3,(H,8,9). The molecule has 1 aromatic rings.